The van der Waals surface area contributed by atoms with Crippen molar-refractivity contribution < 1.29 is 0 Å². The van der Waals surface area contributed by atoms with Gasteiger partial charge in [-0.05, 0) is 24.5 Å². The van der Waals surface area contributed by atoms with E-state index in [-0.39, 0.29) is 0 Å². The molecule has 1 rings (SSSR count). The molecule has 14 heavy (non-hydrogen) atoms. The summed E-state index contributed by atoms with van der Waals surface area (Å²) >= 11 is 1.82. The fraction of sp³-hybridized carbons (Fsp3) is 0.636. The fourth-order valence-electron chi connectivity index (χ4n) is 1.40. The number of nitrogens with zero attached hydrogens (tertiary/aromatic N) is 1. The van der Waals surface area contributed by atoms with Gasteiger partial charge in [-0.3, -0.25) is 0 Å². The second-order valence-electron chi connectivity index (χ2n) is 3.28. The van der Waals surface area contributed by atoms with Crippen molar-refractivity contribution in [3.63, 3.8) is 0 Å². The first-order chi connectivity index (χ1) is 6.86. The van der Waals surface area contributed by atoms with Crippen LogP contribution in [0.2, 0.25) is 0 Å². The third-order valence-corrected chi connectivity index (χ3v) is 3.25. The van der Waals surface area contributed by atoms with E-state index in [0.717, 1.165) is 32.7 Å². The van der Waals surface area contributed by atoms with Gasteiger partial charge in [-0.25, -0.2) is 0 Å². The van der Waals surface area contributed by atoms with Crippen molar-refractivity contribution in [1.29, 1.82) is 0 Å². The zero-order chi connectivity index (χ0) is 10.2. The number of likely N-dealkylation sites (N-methyl/N-ethyl adjacent to an activating group) is 1. The van der Waals surface area contributed by atoms with Gasteiger partial charge in [0, 0.05) is 24.5 Å². The number of hydrogen-bond acceptors (Lipinski definition) is 3. The molecule has 1 heterocycles. The van der Waals surface area contributed by atoms with Crippen molar-refractivity contribution >= 4 is 11.3 Å². The molecule has 0 aliphatic carbocycles. The van der Waals surface area contributed by atoms with E-state index in [1.807, 2.05) is 11.3 Å². The minimum atomic E-state index is 1.01. The van der Waals surface area contributed by atoms with E-state index < -0.39 is 0 Å². The van der Waals surface area contributed by atoms with E-state index in [4.69, 9.17) is 0 Å². The summed E-state index contributed by atoms with van der Waals surface area (Å²) in [6.07, 6.45) is 0. The summed E-state index contributed by atoms with van der Waals surface area (Å²) in [5, 5.41) is 5.58. The summed E-state index contributed by atoms with van der Waals surface area (Å²) in [5.41, 5.74) is 0. The molecule has 0 aliphatic rings. The molecule has 0 unspecified atom stereocenters. The Hall–Kier alpha value is -0.380. The van der Waals surface area contributed by atoms with Gasteiger partial charge >= 0.3 is 0 Å². The molecular formula is C11H20N2S. The van der Waals surface area contributed by atoms with Gasteiger partial charge in [0.25, 0.3) is 0 Å². The fourth-order valence-corrected chi connectivity index (χ4v) is 2.08. The van der Waals surface area contributed by atoms with Crippen molar-refractivity contribution in [1.82, 2.24) is 10.2 Å². The highest BCUT2D eigenvalue weighted by Crippen LogP contribution is 2.06. The highest BCUT2D eigenvalue weighted by molar-refractivity contribution is 7.09. The minimum Gasteiger partial charge on any atom is -0.311 e. The van der Waals surface area contributed by atoms with Crippen LogP contribution in [-0.4, -0.2) is 31.1 Å². The Balaban J connectivity index is 2.04. The molecule has 3 heteroatoms. The number of rotatable bonds is 7. The van der Waals surface area contributed by atoms with Crippen LogP contribution >= 0.6 is 11.3 Å². The molecule has 1 N–H and O–H groups in total. The maximum Gasteiger partial charge on any atom is 0.0300 e. The van der Waals surface area contributed by atoms with E-state index in [1.165, 1.54) is 4.88 Å². The van der Waals surface area contributed by atoms with Crippen molar-refractivity contribution in [3.05, 3.63) is 22.4 Å². The molecule has 80 valence electrons. The van der Waals surface area contributed by atoms with Crippen LogP contribution in [0.15, 0.2) is 17.5 Å². The molecule has 0 saturated carbocycles. The molecule has 0 aliphatic heterocycles. The molecule has 2 nitrogen and oxygen atoms in total. The summed E-state index contributed by atoms with van der Waals surface area (Å²) in [5.74, 6) is 0. The van der Waals surface area contributed by atoms with Gasteiger partial charge in [-0.2, -0.15) is 0 Å². The summed E-state index contributed by atoms with van der Waals surface area (Å²) in [7, 11) is 0. The van der Waals surface area contributed by atoms with Gasteiger partial charge in [0.1, 0.15) is 0 Å². The number of thiophene rings is 1. The van der Waals surface area contributed by atoms with Gasteiger partial charge in [-0.15, -0.1) is 11.3 Å². The zero-order valence-electron chi connectivity index (χ0n) is 9.12. The van der Waals surface area contributed by atoms with Gasteiger partial charge in [0.05, 0.1) is 0 Å². The smallest absolute Gasteiger partial charge is 0.0300 e. The average Bonchev–Trinajstić information content (AvgIpc) is 2.71. The Morgan fingerprint density at radius 3 is 2.71 bits per heavy atom. The van der Waals surface area contributed by atoms with Crippen LogP contribution in [0.1, 0.15) is 18.7 Å². The molecule has 0 saturated heterocycles. The van der Waals surface area contributed by atoms with E-state index in [2.05, 4.69) is 41.6 Å². The lowest BCUT2D eigenvalue weighted by Gasteiger charge is -2.17. The summed E-state index contributed by atoms with van der Waals surface area (Å²) < 4.78 is 0. The second-order valence-corrected chi connectivity index (χ2v) is 4.32. The molecule has 0 amide bonds. The summed E-state index contributed by atoms with van der Waals surface area (Å²) in [6, 6.07) is 4.28. The van der Waals surface area contributed by atoms with Crippen molar-refractivity contribution in [2.24, 2.45) is 0 Å². The normalized spacial score (nSPS) is 11.1. The molecule has 0 bridgehead atoms. The Bertz CT molecular complexity index is 217. The Kier molecular flexibility index (Phi) is 5.83. The summed E-state index contributed by atoms with van der Waals surface area (Å²) in [4.78, 5) is 3.85. The second kappa shape index (κ2) is 6.98. The molecule has 0 atom stereocenters. The van der Waals surface area contributed by atoms with Crippen LogP contribution in [0.4, 0.5) is 0 Å². The predicted molar refractivity (Wildman–Crippen MR) is 63.8 cm³/mol. The molecule has 0 fully saturated rings. The van der Waals surface area contributed by atoms with Gasteiger partial charge in [0.15, 0.2) is 0 Å². The maximum absolute atomic E-state index is 3.46. The molecule has 0 aromatic carbocycles. The van der Waals surface area contributed by atoms with Crippen LogP contribution in [-0.2, 0) is 6.54 Å². The van der Waals surface area contributed by atoms with Crippen LogP contribution in [0.3, 0.4) is 0 Å². The first-order valence-electron chi connectivity index (χ1n) is 5.32. The molecule has 0 radical (unpaired) electrons. The minimum absolute atomic E-state index is 1.01. The maximum atomic E-state index is 3.46. The average molecular weight is 212 g/mol. The van der Waals surface area contributed by atoms with Crippen LogP contribution < -0.4 is 5.32 Å². The van der Waals surface area contributed by atoms with Gasteiger partial charge in [0.2, 0.25) is 0 Å². The van der Waals surface area contributed by atoms with Gasteiger partial charge in [-0.1, -0.05) is 19.9 Å². The molecule has 0 spiro atoms. The standard InChI is InChI=1S/C11H20N2S/c1-3-13(4-2)8-7-12-10-11-6-5-9-14-11/h5-6,9,12H,3-4,7-8,10H2,1-2H3. The Morgan fingerprint density at radius 2 is 2.14 bits per heavy atom. The quantitative estimate of drug-likeness (QED) is 0.697. The number of hydrogen-bond donors (Lipinski definition) is 1. The highest BCUT2D eigenvalue weighted by Gasteiger charge is 1.97. The van der Waals surface area contributed by atoms with Crippen molar-refractivity contribution in [2.45, 2.75) is 20.4 Å². The lowest BCUT2D eigenvalue weighted by molar-refractivity contribution is 0.302. The first-order valence-corrected chi connectivity index (χ1v) is 6.20. The van der Waals surface area contributed by atoms with Crippen LogP contribution in [0.5, 0.6) is 0 Å². The van der Waals surface area contributed by atoms with Crippen molar-refractivity contribution in [2.75, 3.05) is 26.2 Å². The lowest BCUT2D eigenvalue weighted by Crippen LogP contribution is -2.31. The Labute approximate surface area is 90.9 Å². The monoisotopic (exact) mass is 212 g/mol. The van der Waals surface area contributed by atoms with E-state index in [1.54, 1.807) is 0 Å². The van der Waals surface area contributed by atoms with Crippen molar-refractivity contribution in [3.8, 4) is 0 Å². The Morgan fingerprint density at radius 1 is 1.36 bits per heavy atom. The van der Waals surface area contributed by atoms with E-state index in [0.29, 0.717) is 0 Å². The van der Waals surface area contributed by atoms with Crippen LogP contribution in [0, 0.1) is 0 Å². The molecule has 1 aromatic heterocycles. The molecule has 1 aromatic rings. The van der Waals surface area contributed by atoms with Crippen LogP contribution in [0.25, 0.3) is 0 Å². The zero-order valence-corrected chi connectivity index (χ0v) is 9.94. The largest absolute Gasteiger partial charge is 0.311 e. The van der Waals surface area contributed by atoms with E-state index >= 15 is 0 Å². The third kappa shape index (κ3) is 4.22. The predicted octanol–water partition coefficient (Wildman–Crippen LogP) is 2.18. The SMILES string of the molecule is CCN(CC)CCNCc1cccs1. The van der Waals surface area contributed by atoms with E-state index in [9.17, 15) is 0 Å². The molecular weight excluding hydrogens is 192 g/mol. The first kappa shape index (κ1) is 11.7. The number of nitrogens with one attached hydrogen (secondary N) is 1. The highest BCUT2D eigenvalue weighted by atomic mass is 32.1. The third-order valence-electron chi connectivity index (χ3n) is 2.38. The van der Waals surface area contributed by atoms with Gasteiger partial charge < -0.3 is 10.2 Å². The summed E-state index contributed by atoms with van der Waals surface area (Å²) in [6.45, 7) is 9.97. The lowest BCUT2D eigenvalue weighted by atomic mass is 10.4. The topological polar surface area (TPSA) is 15.3 Å².